The monoisotopic (exact) mass is 358 g/mol. The SMILES string of the molecule is CC(C)c1nc(N(C)C)nc(N2CCN(Cc3cccc(F)c3)CC2)n1. The van der Waals surface area contributed by atoms with Crippen molar-refractivity contribution in [3.8, 4) is 0 Å². The molecule has 0 aliphatic carbocycles. The molecule has 0 radical (unpaired) electrons. The average molecular weight is 358 g/mol. The van der Waals surface area contributed by atoms with Crippen LogP contribution in [-0.2, 0) is 6.54 Å². The quantitative estimate of drug-likeness (QED) is 0.819. The number of rotatable bonds is 5. The highest BCUT2D eigenvalue weighted by Crippen LogP contribution is 2.19. The summed E-state index contributed by atoms with van der Waals surface area (Å²) in [6.07, 6.45) is 0. The summed E-state index contributed by atoms with van der Waals surface area (Å²) >= 11 is 0. The van der Waals surface area contributed by atoms with Crippen LogP contribution in [0.25, 0.3) is 0 Å². The van der Waals surface area contributed by atoms with Gasteiger partial charge < -0.3 is 9.80 Å². The number of halogens is 1. The predicted molar refractivity (Wildman–Crippen MR) is 102 cm³/mol. The summed E-state index contributed by atoms with van der Waals surface area (Å²) in [5, 5.41) is 0. The van der Waals surface area contributed by atoms with Crippen molar-refractivity contribution in [1.29, 1.82) is 0 Å². The van der Waals surface area contributed by atoms with Crippen molar-refractivity contribution in [3.05, 3.63) is 41.5 Å². The summed E-state index contributed by atoms with van der Waals surface area (Å²) in [6.45, 7) is 8.45. The molecular weight excluding hydrogens is 331 g/mol. The Labute approximate surface area is 154 Å². The van der Waals surface area contributed by atoms with Crippen molar-refractivity contribution in [2.24, 2.45) is 0 Å². The van der Waals surface area contributed by atoms with Gasteiger partial charge in [-0.2, -0.15) is 15.0 Å². The van der Waals surface area contributed by atoms with E-state index in [4.69, 9.17) is 0 Å². The maximum atomic E-state index is 13.4. The molecule has 0 bridgehead atoms. The minimum Gasteiger partial charge on any atom is -0.347 e. The molecule has 140 valence electrons. The molecule has 7 heteroatoms. The molecule has 0 saturated carbocycles. The molecule has 3 rings (SSSR count). The Morgan fingerprint density at radius 3 is 2.42 bits per heavy atom. The van der Waals surface area contributed by atoms with E-state index in [1.165, 1.54) is 6.07 Å². The highest BCUT2D eigenvalue weighted by molar-refractivity contribution is 5.39. The molecular formula is C19H27FN6. The van der Waals surface area contributed by atoms with E-state index in [-0.39, 0.29) is 11.7 Å². The lowest BCUT2D eigenvalue weighted by atomic mass is 10.2. The van der Waals surface area contributed by atoms with Gasteiger partial charge in [-0.1, -0.05) is 26.0 Å². The second-order valence-corrected chi connectivity index (χ2v) is 7.24. The largest absolute Gasteiger partial charge is 0.347 e. The third-order valence-corrected chi connectivity index (χ3v) is 4.50. The Hall–Kier alpha value is -2.28. The molecule has 1 saturated heterocycles. The Kier molecular flexibility index (Phi) is 5.66. The molecule has 0 N–H and O–H groups in total. The van der Waals surface area contributed by atoms with E-state index in [1.807, 2.05) is 25.1 Å². The van der Waals surface area contributed by atoms with E-state index in [0.29, 0.717) is 5.95 Å². The van der Waals surface area contributed by atoms with Crippen LogP contribution in [0.15, 0.2) is 24.3 Å². The Morgan fingerprint density at radius 1 is 1.08 bits per heavy atom. The van der Waals surface area contributed by atoms with Crippen molar-refractivity contribution >= 4 is 11.9 Å². The van der Waals surface area contributed by atoms with E-state index in [9.17, 15) is 4.39 Å². The van der Waals surface area contributed by atoms with Crippen molar-refractivity contribution in [2.45, 2.75) is 26.3 Å². The third-order valence-electron chi connectivity index (χ3n) is 4.50. The first kappa shape index (κ1) is 18.5. The van der Waals surface area contributed by atoms with Gasteiger partial charge in [-0.3, -0.25) is 4.90 Å². The lowest BCUT2D eigenvalue weighted by Crippen LogP contribution is -2.46. The minimum absolute atomic E-state index is 0.177. The Bertz CT molecular complexity index is 714. The molecule has 1 aliphatic heterocycles. The van der Waals surface area contributed by atoms with Crippen molar-refractivity contribution in [1.82, 2.24) is 19.9 Å². The van der Waals surface area contributed by atoms with Gasteiger partial charge in [0.05, 0.1) is 0 Å². The van der Waals surface area contributed by atoms with Crippen LogP contribution in [0.5, 0.6) is 0 Å². The minimum atomic E-state index is -0.177. The standard InChI is InChI=1S/C19H27FN6/c1-14(2)17-21-18(24(3)4)23-19(22-17)26-10-8-25(9-11-26)13-15-6-5-7-16(20)12-15/h5-7,12,14H,8-11,13H2,1-4H3. The lowest BCUT2D eigenvalue weighted by molar-refractivity contribution is 0.248. The van der Waals surface area contributed by atoms with Crippen LogP contribution >= 0.6 is 0 Å². The van der Waals surface area contributed by atoms with Gasteiger partial charge in [0, 0.05) is 52.7 Å². The highest BCUT2D eigenvalue weighted by atomic mass is 19.1. The van der Waals surface area contributed by atoms with E-state index in [2.05, 4.69) is 38.6 Å². The normalized spacial score (nSPS) is 15.5. The molecule has 1 fully saturated rings. The second kappa shape index (κ2) is 7.95. The number of anilines is 2. The topological polar surface area (TPSA) is 48.4 Å². The van der Waals surface area contributed by atoms with Gasteiger partial charge in [0.25, 0.3) is 0 Å². The zero-order valence-electron chi connectivity index (χ0n) is 16.0. The molecule has 1 aromatic heterocycles. The fourth-order valence-corrected chi connectivity index (χ4v) is 2.97. The zero-order chi connectivity index (χ0) is 18.7. The van der Waals surface area contributed by atoms with Crippen LogP contribution < -0.4 is 9.80 Å². The highest BCUT2D eigenvalue weighted by Gasteiger charge is 2.21. The lowest BCUT2D eigenvalue weighted by Gasteiger charge is -2.35. The summed E-state index contributed by atoms with van der Waals surface area (Å²) < 4.78 is 13.4. The van der Waals surface area contributed by atoms with Crippen molar-refractivity contribution < 1.29 is 4.39 Å². The van der Waals surface area contributed by atoms with Gasteiger partial charge in [-0.25, -0.2) is 4.39 Å². The summed E-state index contributed by atoms with van der Waals surface area (Å²) in [6, 6.07) is 6.83. The Morgan fingerprint density at radius 2 is 1.81 bits per heavy atom. The number of hydrogen-bond donors (Lipinski definition) is 0. The van der Waals surface area contributed by atoms with Crippen LogP contribution in [0.2, 0.25) is 0 Å². The van der Waals surface area contributed by atoms with E-state index >= 15 is 0 Å². The van der Waals surface area contributed by atoms with Gasteiger partial charge in [-0.05, 0) is 17.7 Å². The first-order chi connectivity index (χ1) is 12.4. The third kappa shape index (κ3) is 4.46. The zero-order valence-corrected chi connectivity index (χ0v) is 16.0. The van der Waals surface area contributed by atoms with Gasteiger partial charge in [0.2, 0.25) is 11.9 Å². The number of nitrogens with zero attached hydrogens (tertiary/aromatic N) is 6. The van der Waals surface area contributed by atoms with Crippen LogP contribution in [0, 0.1) is 5.82 Å². The van der Waals surface area contributed by atoms with Crippen LogP contribution in [0.4, 0.5) is 16.3 Å². The number of piperazine rings is 1. The summed E-state index contributed by atoms with van der Waals surface area (Å²) in [7, 11) is 3.89. The second-order valence-electron chi connectivity index (χ2n) is 7.24. The molecule has 1 aliphatic rings. The summed E-state index contributed by atoms with van der Waals surface area (Å²) in [5.41, 5.74) is 1.01. The molecule has 0 spiro atoms. The molecule has 6 nitrogen and oxygen atoms in total. The fraction of sp³-hybridized carbons (Fsp3) is 0.526. The molecule has 1 aromatic carbocycles. The van der Waals surface area contributed by atoms with Crippen molar-refractivity contribution in [3.63, 3.8) is 0 Å². The molecule has 0 atom stereocenters. The van der Waals surface area contributed by atoms with Gasteiger partial charge in [0.15, 0.2) is 0 Å². The maximum absolute atomic E-state index is 13.4. The van der Waals surface area contributed by atoms with Crippen molar-refractivity contribution in [2.75, 3.05) is 50.1 Å². The Balaban J connectivity index is 1.67. The smallest absolute Gasteiger partial charge is 0.230 e. The number of aromatic nitrogens is 3. The summed E-state index contributed by atoms with van der Waals surface area (Å²) in [5.74, 6) is 2.34. The molecule has 2 aromatic rings. The predicted octanol–water partition coefficient (Wildman–Crippen LogP) is 2.52. The number of hydrogen-bond acceptors (Lipinski definition) is 6. The van der Waals surface area contributed by atoms with Crippen LogP contribution in [0.3, 0.4) is 0 Å². The first-order valence-electron chi connectivity index (χ1n) is 9.07. The van der Waals surface area contributed by atoms with Crippen LogP contribution in [0.1, 0.15) is 31.2 Å². The fourth-order valence-electron chi connectivity index (χ4n) is 2.97. The van der Waals surface area contributed by atoms with Crippen LogP contribution in [-0.4, -0.2) is 60.1 Å². The van der Waals surface area contributed by atoms with Gasteiger partial charge in [-0.15, -0.1) is 0 Å². The van der Waals surface area contributed by atoms with E-state index in [0.717, 1.165) is 50.1 Å². The summed E-state index contributed by atoms with van der Waals surface area (Å²) in [4.78, 5) is 20.3. The van der Waals surface area contributed by atoms with Gasteiger partial charge in [0.1, 0.15) is 11.6 Å². The molecule has 0 unspecified atom stereocenters. The molecule has 0 amide bonds. The first-order valence-corrected chi connectivity index (χ1v) is 9.07. The van der Waals surface area contributed by atoms with E-state index in [1.54, 1.807) is 12.1 Å². The molecule has 26 heavy (non-hydrogen) atoms. The average Bonchev–Trinajstić information content (AvgIpc) is 2.62. The molecule has 2 heterocycles. The van der Waals surface area contributed by atoms with Gasteiger partial charge >= 0.3 is 0 Å². The van der Waals surface area contributed by atoms with E-state index < -0.39 is 0 Å². The number of benzene rings is 1. The maximum Gasteiger partial charge on any atom is 0.230 e.